The third-order valence-corrected chi connectivity index (χ3v) is 2.96. The summed E-state index contributed by atoms with van der Waals surface area (Å²) in [5, 5.41) is 0.585. The first kappa shape index (κ1) is 14.3. The van der Waals surface area contributed by atoms with Gasteiger partial charge in [0.05, 0.1) is 11.1 Å². The summed E-state index contributed by atoms with van der Waals surface area (Å²) in [5.41, 5.74) is 0. The number of nitrogens with zero attached hydrogens (tertiary/aromatic N) is 3. The van der Waals surface area contributed by atoms with Gasteiger partial charge in [-0.25, -0.2) is 0 Å². The lowest BCUT2D eigenvalue weighted by Crippen LogP contribution is -2.01. The van der Waals surface area contributed by atoms with Gasteiger partial charge in [-0.15, -0.1) is 4.98 Å². The number of hydrogen-bond donors (Lipinski definition) is 0. The van der Waals surface area contributed by atoms with Crippen molar-refractivity contribution in [2.24, 2.45) is 0 Å². The van der Waals surface area contributed by atoms with Crippen LogP contribution in [-0.4, -0.2) is 21.6 Å². The Morgan fingerprint density at radius 2 is 1.89 bits per heavy atom. The average Bonchev–Trinajstić information content (AvgIpc) is 2.32. The number of hydrogen-bond acceptors (Lipinski definition) is 5. The molecule has 0 N–H and O–H groups in total. The molecule has 1 heterocycles. The van der Waals surface area contributed by atoms with E-state index in [1.807, 2.05) is 6.92 Å². The Morgan fingerprint density at radius 3 is 2.58 bits per heavy atom. The molecular formula is C11H8BrCl2N3O2. The first-order valence-electron chi connectivity index (χ1n) is 5.25. The van der Waals surface area contributed by atoms with Crippen molar-refractivity contribution >= 4 is 39.1 Å². The molecule has 0 fully saturated rings. The van der Waals surface area contributed by atoms with Crippen LogP contribution in [0.2, 0.25) is 10.3 Å². The molecule has 5 nitrogen and oxygen atoms in total. The van der Waals surface area contributed by atoms with Gasteiger partial charge in [0.25, 0.3) is 0 Å². The molecule has 0 amide bonds. The van der Waals surface area contributed by atoms with Crippen molar-refractivity contribution in [2.45, 2.75) is 6.92 Å². The first-order chi connectivity index (χ1) is 9.08. The van der Waals surface area contributed by atoms with Crippen molar-refractivity contribution in [1.29, 1.82) is 0 Å². The van der Waals surface area contributed by atoms with Gasteiger partial charge >= 0.3 is 12.0 Å². The van der Waals surface area contributed by atoms with E-state index >= 15 is 0 Å². The van der Waals surface area contributed by atoms with E-state index in [4.69, 9.17) is 32.7 Å². The molecule has 0 aliphatic rings. The van der Waals surface area contributed by atoms with E-state index in [1.165, 1.54) is 0 Å². The molecule has 8 heteroatoms. The van der Waals surface area contributed by atoms with Gasteiger partial charge in [-0.1, -0.05) is 11.6 Å². The van der Waals surface area contributed by atoms with E-state index in [1.54, 1.807) is 18.2 Å². The second-order valence-electron chi connectivity index (χ2n) is 3.28. The molecule has 0 saturated heterocycles. The summed E-state index contributed by atoms with van der Waals surface area (Å²) in [6, 6.07) is 5.23. The summed E-state index contributed by atoms with van der Waals surface area (Å²) in [6.07, 6.45) is 0. The summed E-state index contributed by atoms with van der Waals surface area (Å²) >= 11 is 14.9. The molecule has 0 unspecified atom stereocenters. The Kier molecular flexibility index (Phi) is 4.79. The molecule has 19 heavy (non-hydrogen) atoms. The Hall–Kier alpha value is -1.11. The summed E-state index contributed by atoms with van der Waals surface area (Å²) in [4.78, 5) is 11.6. The number of ether oxygens (including phenoxy) is 2. The highest BCUT2D eigenvalue weighted by Crippen LogP contribution is 2.31. The number of aromatic nitrogens is 3. The van der Waals surface area contributed by atoms with Crippen molar-refractivity contribution < 1.29 is 9.47 Å². The fraction of sp³-hybridized carbons (Fsp3) is 0.182. The standard InChI is InChI=1S/C11H8BrCl2N3O2/c1-2-18-10-15-9(14)16-11(17-10)19-8-4-3-6(13)5-7(8)12/h3-5H,2H2,1H3. The minimum atomic E-state index is -0.00136. The monoisotopic (exact) mass is 363 g/mol. The minimum Gasteiger partial charge on any atom is -0.464 e. The predicted octanol–water partition coefficient (Wildman–Crippen LogP) is 4.13. The fourth-order valence-electron chi connectivity index (χ4n) is 1.21. The molecule has 0 aliphatic heterocycles. The SMILES string of the molecule is CCOc1nc(Cl)nc(Oc2ccc(Cl)cc2Br)n1. The third kappa shape index (κ3) is 3.92. The molecule has 100 valence electrons. The smallest absolute Gasteiger partial charge is 0.329 e. The first-order valence-corrected chi connectivity index (χ1v) is 6.80. The van der Waals surface area contributed by atoms with Crippen LogP contribution in [0.25, 0.3) is 0 Å². The van der Waals surface area contributed by atoms with Crippen LogP contribution < -0.4 is 9.47 Å². The summed E-state index contributed by atoms with van der Waals surface area (Å²) < 4.78 is 11.3. The number of benzene rings is 1. The Bertz CT molecular complexity index is 598. The van der Waals surface area contributed by atoms with Gasteiger partial charge in [0.15, 0.2) is 0 Å². The van der Waals surface area contributed by atoms with Crippen LogP contribution in [-0.2, 0) is 0 Å². The second kappa shape index (κ2) is 6.36. The van der Waals surface area contributed by atoms with E-state index in [-0.39, 0.29) is 17.3 Å². The molecule has 1 aromatic carbocycles. The maximum Gasteiger partial charge on any atom is 0.329 e. The van der Waals surface area contributed by atoms with Crippen molar-refractivity contribution in [1.82, 2.24) is 15.0 Å². The van der Waals surface area contributed by atoms with Crippen molar-refractivity contribution in [3.8, 4) is 17.8 Å². The van der Waals surface area contributed by atoms with Crippen molar-refractivity contribution in [3.63, 3.8) is 0 Å². The van der Waals surface area contributed by atoms with E-state index < -0.39 is 0 Å². The highest BCUT2D eigenvalue weighted by Gasteiger charge is 2.10. The molecule has 1 aromatic heterocycles. The lowest BCUT2D eigenvalue weighted by molar-refractivity contribution is 0.303. The van der Waals surface area contributed by atoms with E-state index in [0.717, 1.165) is 0 Å². The molecule has 0 saturated carbocycles. The molecular weight excluding hydrogens is 357 g/mol. The zero-order valence-corrected chi connectivity index (χ0v) is 12.8. The zero-order valence-electron chi connectivity index (χ0n) is 9.73. The van der Waals surface area contributed by atoms with E-state index in [9.17, 15) is 0 Å². The highest BCUT2D eigenvalue weighted by molar-refractivity contribution is 9.10. The van der Waals surface area contributed by atoms with Crippen LogP contribution in [0, 0.1) is 0 Å². The van der Waals surface area contributed by atoms with Gasteiger partial charge in [-0.2, -0.15) is 9.97 Å². The highest BCUT2D eigenvalue weighted by atomic mass is 79.9. The lowest BCUT2D eigenvalue weighted by atomic mass is 10.3. The minimum absolute atomic E-state index is 0.00136. The quantitative estimate of drug-likeness (QED) is 0.816. The van der Waals surface area contributed by atoms with Crippen LogP contribution in [0.5, 0.6) is 17.8 Å². The van der Waals surface area contributed by atoms with Gasteiger partial charge in [-0.05, 0) is 52.7 Å². The summed E-state index contributed by atoms with van der Waals surface area (Å²) in [5.74, 6) is 0.508. The van der Waals surface area contributed by atoms with Crippen LogP contribution in [0.15, 0.2) is 22.7 Å². The fourth-order valence-corrected chi connectivity index (χ4v) is 2.12. The Labute approximate surface area is 128 Å². The van der Waals surface area contributed by atoms with Crippen LogP contribution in [0.1, 0.15) is 6.92 Å². The van der Waals surface area contributed by atoms with Gasteiger partial charge < -0.3 is 9.47 Å². The molecule has 0 spiro atoms. The van der Waals surface area contributed by atoms with Crippen molar-refractivity contribution in [2.75, 3.05) is 6.61 Å². The summed E-state index contributed by atoms with van der Waals surface area (Å²) in [7, 11) is 0. The normalized spacial score (nSPS) is 10.3. The Balaban J connectivity index is 2.27. The second-order valence-corrected chi connectivity index (χ2v) is 4.91. The average molecular weight is 365 g/mol. The molecule has 0 bridgehead atoms. The van der Waals surface area contributed by atoms with E-state index in [2.05, 4.69) is 30.9 Å². The van der Waals surface area contributed by atoms with Gasteiger partial charge in [0.2, 0.25) is 5.28 Å². The van der Waals surface area contributed by atoms with Crippen molar-refractivity contribution in [3.05, 3.63) is 33.0 Å². The lowest BCUT2D eigenvalue weighted by Gasteiger charge is -2.07. The maximum absolute atomic E-state index is 5.84. The predicted molar refractivity (Wildman–Crippen MR) is 75.2 cm³/mol. The van der Waals surface area contributed by atoms with Gasteiger partial charge in [-0.3, -0.25) is 0 Å². The Morgan fingerprint density at radius 1 is 1.16 bits per heavy atom. The largest absolute Gasteiger partial charge is 0.464 e. The topological polar surface area (TPSA) is 57.1 Å². The number of rotatable bonds is 4. The van der Waals surface area contributed by atoms with Gasteiger partial charge in [0.1, 0.15) is 5.75 Å². The molecule has 0 atom stereocenters. The molecule has 2 rings (SSSR count). The summed E-state index contributed by atoms with van der Waals surface area (Å²) in [6.45, 7) is 2.23. The van der Waals surface area contributed by atoms with E-state index in [0.29, 0.717) is 21.9 Å². The van der Waals surface area contributed by atoms with Crippen LogP contribution >= 0.6 is 39.1 Å². The third-order valence-electron chi connectivity index (χ3n) is 1.94. The van der Waals surface area contributed by atoms with Crippen LogP contribution in [0.3, 0.4) is 0 Å². The number of halogens is 3. The molecule has 0 aliphatic carbocycles. The van der Waals surface area contributed by atoms with Gasteiger partial charge in [0, 0.05) is 5.02 Å². The zero-order chi connectivity index (χ0) is 13.8. The molecule has 2 aromatic rings. The molecule has 0 radical (unpaired) electrons. The van der Waals surface area contributed by atoms with Crippen LogP contribution in [0.4, 0.5) is 0 Å². The maximum atomic E-state index is 5.84.